The summed E-state index contributed by atoms with van der Waals surface area (Å²) in [5.41, 5.74) is 3.53. The first-order valence-corrected chi connectivity index (χ1v) is 8.97. The summed E-state index contributed by atoms with van der Waals surface area (Å²) in [4.78, 5) is 20.0. The average Bonchev–Trinajstić information content (AvgIpc) is 2.67. The molecule has 3 heteroatoms. The summed E-state index contributed by atoms with van der Waals surface area (Å²) < 4.78 is 0. The molecule has 1 aliphatic heterocycles. The molecule has 1 amide bonds. The summed E-state index contributed by atoms with van der Waals surface area (Å²) in [6.07, 6.45) is 2.29. The van der Waals surface area contributed by atoms with Crippen LogP contribution < -0.4 is 0 Å². The fourth-order valence-corrected chi connectivity index (χ4v) is 3.65. The van der Waals surface area contributed by atoms with Crippen LogP contribution >= 0.6 is 0 Å². The number of carbonyl (C=O) groups excluding carboxylic acids is 1. The zero-order chi connectivity index (χ0) is 17.2. The third kappa shape index (κ3) is 3.14. The van der Waals surface area contributed by atoms with Gasteiger partial charge in [0.25, 0.3) is 5.91 Å². The number of nitrogens with zero attached hydrogens (tertiary/aromatic N) is 2. The number of pyridine rings is 1. The first kappa shape index (κ1) is 15.8. The Morgan fingerprint density at radius 1 is 1.08 bits per heavy atom. The maximum Gasteiger partial charge on any atom is 0.254 e. The zero-order valence-corrected chi connectivity index (χ0v) is 14.5. The lowest BCUT2D eigenvalue weighted by Gasteiger charge is -2.31. The molecule has 0 aliphatic carbocycles. The molecule has 0 N–H and O–H groups in total. The first-order chi connectivity index (χ1) is 12.2. The van der Waals surface area contributed by atoms with Crippen molar-refractivity contribution in [2.75, 3.05) is 13.1 Å². The number of likely N-dealkylation sites (tertiary alicyclic amines) is 1. The number of piperidine rings is 1. The van der Waals surface area contributed by atoms with Gasteiger partial charge in [-0.3, -0.25) is 4.79 Å². The van der Waals surface area contributed by atoms with Gasteiger partial charge in [-0.05, 0) is 30.9 Å². The number of fused-ring (bicyclic) bond motifs is 1. The minimum absolute atomic E-state index is 0.127. The summed E-state index contributed by atoms with van der Waals surface area (Å²) >= 11 is 0. The molecule has 0 bridgehead atoms. The predicted octanol–water partition coefficient (Wildman–Crippen LogP) is 4.77. The molecule has 25 heavy (non-hydrogen) atoms. The lowest BCUT2D eigenvalue weighted by Crippen LogP contribution is -2.39. The fraction of sp³-hybridized carbons (Fsp3) is 0.273. The van der Waals surface area contributed by atoms with Crippen molar-refractivity contribution in [3.8, 4) is 11.3 Å². The van der Waals surface area contributed by atoms with E-state index in [1.807, 2.05) is 65.6 Å². The highest BCUT2D eigenvalue weighted by atomic mass is 16.2. The Hall–Kier alpha value is -2.68. The number of carbonyl (C=O) groups is 1. The molecule has 3 nitrogen and oxygen atoms in total. The molecule has 2 aromatic carbocycles. The number of para-hydroxylation sites is 1. The van der Waals surface area contributed by atoms with Gasteiger partial charge in [-0.2, -0.15) is 0 Å². The molecule has 0 radical (unpaired) electrons. The van der Waals surface area contributed by atoms with Crippen molar-refractivity contribution >= 4 is 16.8 Å². The Bertz CT molecular complexity index is 904. The lowest BCUT2D eigenvalue weighted by molar-refractivity contribution is 0.0685. The van der Waals surface area contributed by atoms with Crippen molar-refractivity contribution < 1.29 is 4.79 Å². The van der Waals surface area contributed by atoms with E-state index in [0.717, 1.165) is 47.2 Å². The summed E-state index contributed by atoms with van der Waals surface area (Å²) in [5, 5.41) is 0.936. The maximum absolute atomic E-state index is 13.2. The van der Waals surface area contributed by atoms with Gasteiger partial charge in [0.2, 0.25) is 0 Å². The monoisotopic (exact) mass is 330 g/mol. The van der Waals surface area contributed by atoms with Crippen molar-refractivity contribution in [2.24, 2.45) is 5.92 Å². The van der Waals surface area contributed by atoms with E-state index in [2.05, 4.69) is 6.92 Å². The van der Waals surface area contributed by atoms with Gasteiger partial charge >= 0.3 is 0 Å². The number of rotatable bonds is 2. The molecule has 1 unspecified atom stereocenters. The van der Waals surface area contributed by atoms with Crippen LogP contribution in [0.15, 0.2) is 60.7 Å². The second kappa shape index (κ2) is 6.67. The van der Waals surface area contributed by atoms with Gasteiger partial charge in [0.05, 0.1) is 16.8 Å². The van der Waals surface area contributed by atoms with Crippen molar-refractivity contribution in [3.63, 3.8) is 0 Å². The second-order valence-corrected chi connectivity index (χ2v) is 6.94. The number of amides is 1. The quantitative estimate of drug-likeness (QED) is 0.678. The van der Waals surface area contributed by atoms with Crippen molar-refractivity contribution in [3.05, 3.63) is 66.2 Å². The summed E-state index contributed by atoms with van der Waals surface area (Å²) in [6, 6.07) is 20.0. The van der Waals surface area contributed by atoms with Gasteiger partial charge in [-0.1, -0.05) is 55.5 Å². The van der Waals surface area contributed by atoms with Gasteiger partial charge in [-0.15, -0.1) is 0 Å². The standard InChI is InChI=1S/C22H22N2O/c1-16-8-7-13-24(15-16)22(25)19-14-21(17-9-3-2-4-10-17)23-20-12-6-5-11-18(19)20/h2-6,9-12,14,16H,7-8,13,15H2,1H3. The number of hydrogen-bond donors (Lipinski definition) is 0. The molecule has 1 atom stereocenters. The number of benzene rings is 2. The highest BCUT2D eigenvalue weighted by molar-refractivity contribution is 6.07. The highest BCUT2D eigenvalue weighted by Crippen LogP contribution is 2.27. The topological polar surface area (TPSA) is 33.2 Å². The lowest BCUT2D eigenvalue weighted by atomic mass is 9.98. The van der Waals surface area contributed by atoms with Crippen molar-refractivity contribution in [1.29, 1.82) is 0 Å². The Balaban J connectivity index is 1.82. The summed E-state index contributed by atoms with van der Waals surface area (Å²) in [5.74, 6) is 0.696. The predicted molar refractivity (Wildman–Crippen MR) is 101 cm³/mol. The highest BCUT2D eigenvalue weighted by Gasteiger charge is 2.24. The molecular formula is C22H22N2O. The van der Waals surface area contributed by atoms with Gasteiger partial charge in [0.1, 0.15) is 0 Å². The third-order valence-electron chi connectivity index (χ3n) is 4.96. The van der Waals surface area contributed by atoms with E-state index in [0.29, 0.717) is 5.92 Å². The van der Waals surface area contributed by atoms with E-state index in [4.69, 9.17) is 4.98 Å². The van der Waals surface area contributed by atoms with Crippen molar-refractivity contribution in [2.45, 2.75) is 19.8 Å². The van der Waals surface area contributed by atoms with Crippen LogP contribution in [-0.2, 0) is 0 Å². The minimum Gasteiger partial charge on any atom is -0.338 e. The van der Waals surface area contributed by atoms with Gasteiger partial charge in [-0.25, -0.2) is 4.98 Å². The zero-order valence-electron chi connectivity index (χ0n) is 14.5. The smallest absolute Gasteiger partial charge is 0.254 e. The van der Waals surface area contributed by atoms with Gasteiger partial charge in [0.15, 0.2) is 0 Å². The minimum atomic E-state index is 0.127. The molecule has 3 aromatic rings. The van der Waals surface area contributed by atoms with Crippen LogP contribution in [0.4, 0.5) is 0 Å². The molecule has 0 saturated carbocycles. The van der Waals surface area contributed by atoms with E-state index in [1.54, 1.807) is 0 Å². The van der Waals surface area contributed by atoms with Gasteiger partial charge in [0, 0.05) is 24.0 Å². The van der Waals surface area contributed by atoms with E-state index in [9.17, 15) is 4.79 Å². The summed E-state index contributed by atoms with van der Waals surface area (Å²) in [7, 11) is 0. The number of hydrogen-bond acceptors (Lipinski definition) is 2. The van der Waals surface area contributed by atoms with Crippen LogP contribution in [0.3, 0.4) is 0 Å². The molecule has 2 heterocycles. The van der Waals surface area contributed by atoms with Gasteiger partial charge < -0.3 is 4.90 Å². The van der Waals surface area contributed by atoms with Crippen LogP contribution in [-0.4, -0.2) is 28.9 Å². The Morgan fingerprint density at radius 3 is 2.64 bits per heavy atom. The van der Waals surface area contributed by atoms with Crippen LogP contribution in [0, 0.1) is 5.92 Å². The van der Waals surface area contributed by atoms with Crippen LogP contribution in [0.25, 0.3) is 22.2 Å². The molecule has 4 rings (SSSR count). The van der Waals surface area contributed by atoms with Crippen molar-refractivity contribution in [1.82, 2.24) is 9.88 Å². The molecule has 1 aromatic heterocycles. The Morgan fingerprint density at radius 2 is 1.84 bits per heavy atom. The first-order valence-electron chi connectivity index (χ1n) is 8.97. The summed E-state index contributed by atoms with van der Waals surface area (Å²) in [6.45, 7) is 3.91. The average molecular weight is 330 g/mol. The maximum atomic E-state index is 13.2. The Labute approximate surface area is 148 Å². The molecule has 0 spiro atoms. The normalized spacial score (nSPS) is 17.6. The van der Waals surface area contributed by atoms with E-state index in [-0.39, 0.29) is 5.91 Å². The van der Waals surface area contributed by atoms with E-state index < -0.39 is 0 Å². The molecule has 126 valence electrons. The Kier molecular flexibility index (Phi) is 4.22. The fourth-order valence-electron chi connectivity index (χ4n) is 3.65. The molecule has 1 fully saturated rings. The number of aromatic nitrogens is 1. The molecule has 1 saturated heterocycles. The van der Waals surface area contributed by atoms with E-state index >= 15 is 0 Å². The van der Waals surface area contributed by atoms with E-state index in [1.165, 1.54) is 6.42 Å². The SMILES string of the molecule is CC1CCCN(C(=O)c2cc(-c3ccccc3)nc3ccccc23)C1. The van der Waals surface area contributed by atoms with Crippen LogP contribution in [0.5, 0.6) is 0 Å². The molecular weight excluding hydrogens is 308 g/mol. The van der Waals surface area contributed by atoms with Crippen LogP contribution in [0.1, 0.15) is 30.1 Å². The van der Waals surface area contributed by atoms with Crippen LogP contribution in [0.2, 0.25) is 0 Å². The second-order valence-electron chi connectivity index (χ2n) is 6.94. The largest absolute Gasteiger partial charge is 0.338 e. The third-order valence-corrected chi connectivity index (χ3v) is 4.96. The molecule has 1 aliphatic rings.